The molecule has 0 heterocycles. The number of aliphatic carboxylic acids is 1. The van der Waals surface area contributed by atoms with E-state index >= 15 is 0 Å². The third-order valence-corrected chi connectivity index (χ3v) is 1.29. The molecule has 0 N–H and O–H groups in total. The molecule has 1 aromatic carbocycles. The Kier molecular flexibility index (Phi) is 5.58. The zero-order valence-electron chi connectivity index (χ0n) is 6.91. The van der Waals surface area contributed by atoms with Gasteiger partial charge in [0.05, 0.1) is 0 Å². The third kappa shape index (κ3) is 3.66. The first-order chi connectivity index (χ1) is 5.61. The van der Waals surface area contributed by atoms with Crippen molar-refractivity contribution in [2.24, 2.45) is 0 Å². The van der Waals surface area contributed by atoms with Gasteiger partial charge in [0.2, 0.25) is 5.78 Å². The molecule has 1 aromatic rings. The van der Waals surface area contributed by atoms with Crippen LogP contribution in [-0.4, -0.2) is 11.8 Å². The van der Waals surface area contributed by atoms with Gasteiger partial charge < -0.3 is 9.90 Å². The van der Waals surface area contributed by atoms with Gasteiger partial charge in [0.15, 0.2) is 0 Å². The van der Waals surface area contributed by atoms with Gasteiger partial charge in [-0.15, -0.1) is 0 Å². The number of hydrogen-bond donors (Lipinski definition) is 0. The molecule has 1 rings (SSSR count). The summed E-state index contributed by atoms with van der Waals surface area (Å²) in [7, 11) is 0. The van der Waals surface area contributed by atoms with Crippen LogP contribution in [0.3, 0.4) is 0 Å². The molecule has 0 saturated heterocycles. The van der Waals surface area contributed by atoms with Crippen molar-refractivity contribution in [3.05, 3.63) is 35.6 Å². The Morgan fingerprint density at radius 3 is 2.00 bits per heavy atom. The average Bonchev–Trinajstić information content (AvgIpc) is 2.04. The van der Waals surface area contributed by atoms with Crippen molar-refractivity contribution in [3.63, 3.8) is 0 Å². The van der Waals surface area contributed by atoms with E-state index in [0.717, 1.165) is 24.3 Å². The predicted octanol–water partition coefficient (Wildman–Crippen LogP) is -3.24. The molecule has 0 aromatic heterocycles. The number of halogens is 1. The molecular weight excluding hydrogens is 202 g/mol. The molecule has 5 heteroatoms. The quantitative estimate of drug-likeness (QED) is 0.290. The summed E-state index contributed by atoms with van der Waals surface area (Å²) in [6.45, 7) is 0. The van der Waals surface area contributed by atoms with Gasteiger partial charge in [-0.1, -0.05) is 0 Å². The molecule has 13 heavy (non-hydrogen) atoms. The molecule has 0 bridgehead atoms. The largest absolute Gasteiger partial charge is 1.00 e. The normalized spacial score (nSPS) is 8.69. The molecule has 0 unspecified atom stereocenters. The van der Waals surface area contributed by atoms with Gasteiger partial charge in [-0.3, -0.25) is 4.79 Å². The fraction of sp³-hybridized carbons (Fsp3) is 0. The number of carboxylic acid groups (broad SMARTS) is 1. The Bertz CT molecular complexity index is 321. The van der Waals surface area contributed by atoms with Gasteiger partial charge in [0.1, 0.15) is 11.8 Å². The fourth-order valence-corrected chi connectivity index (χ4v) is 0.719. The van der Waals surface area contributed by atoms with Crippen molar-refractivity contribution < 1.29 is 70.5 Å². The standard InChI is InChI=1S/C8H5FO3.K/c9-6-3-1-5(2-4-6)7(10)8(11)12;/h1-4H,(H,11,12);/q;+1/p-1. The summed E-state index contributed by atoms with van der Waals surface area (Å²) in [6.07, 6.45) is 0. The monoisotopic (exact) mass is 206 g/mol. The van der Waals surface area contributed by atoms with Gasteiger partial charge in [-0.25, -0.2) is 4.39 Å². The van der Waals surface area contributed by atoms with E-state index in [1.165, 1.54) is 0 Å². The van der Waals surface area contributed by atoms with Gasteiger partial charge in [-0.2, -0.15) is 0 Å². The second-order valence-corrected chi connectivity index (χ2v) is 2.12. The Morgan fingerprint density at radius 2 is 1.62 bits per heavy atom. The molecule has 62 valence electrons. The van der Waals surface area contributed by atoms with Crippen LogP contribution in [0, 0.1) is 5.82 Å². The summed E-state index contributed by atoms with van der Waals surface area (Å²) in [4.78, 5) is 20.7. The number of Topliss-reactive ketones (excluding diaryl/α,β-unsaturated/α-hetero) is 1. The number of carbonyl (C=O) groups is 2. The topological polar surface area (TPSA) is 57.2 Å². The molecule has 0 spiro atoms. The first-order valence-corrected chi connectivity index (χ1v) is 3.12. The molecular formula is C8H4FKO3. The summed E-state index contributed by atoms with van der Waals surface area (Å²) in [6, 6.07) is 4.20. The Hall–Kier alpha value is -0.0736. The Balaban J connectivity index is 0.00000144. The molecule has 0 amide bonds. The number of carbonyl (C=O) groups excluding carboxylic acids is 2. The van der Waals surface area contributed by atoms with Crippen LogP contribution >= 0.6 is 0 Å². The van der Waals surface area contributed by atoms with Crippen LogP contribution in [0.5, 0.6) is 0 Å². The van der Waals surface area contributed by atoms with Crippen LogP contribution in [0.2, 0.25) is 0 Å². The minimum Gasteiger partial charge on any atom is -0.541 e. The fourth-order valence-electron chi connectivity index (χ4n) is 0.719. The zero-order valence-corrected chi connectivity index (χ0v) is 10.0. The van der Waals surface area contributed by atoms with Gasteiger partial charge in [-0.05, 0) is 24.3 Å². The third-order valence-electron chi connectivity index (χ3n) is 1.29. The van der Waals surface area contributed by atoms with Crippen molar-refractivity contribution in [1.29, 1.82) is 0 Å². The molecule has 0 radical (unpaired) electrons. The molecule has 3 nitrogen and oxygen atoms in total. The van der Waals surface area contributed by atoms with Crippen molar-refractivity contribution in [1.82, 2.24) is 0 Å². The van der Waals surface area contributed by atoms with Crippen molar-refractivity contribution in [3.8, 4) is 0 Å². The minimum atomic E-state index is -1.79. The van der Waals surface area contributed by atoms with Crippen LogP contribution < -0.4 is 56.5 Å². The summed E-state index contributed by atoms with van der Waals surface area (Å²) in [5, 5.41) is 10.0. The van der Waals surface area contributed by atoms with Crippen LogP contribution in [0.1, 0.15) is 10.4 Å². The maximum atomic E-state index is 12.3. The Morgan fingerprint density at radius 1 is 1.15 bits per heavy atom. The summed E-state index contributed by atoms with van der Waals surface area (Å²) >= 11 is 0. The summed E-state index contributed by atoms with van der Waals surface area (Å²) in [5.41, 5.74) is -0.0867. The van der Waals surface area contributed by atoms with Gasteiger partial charge in [0, 0.05) is 5.56 Å². The van der Waals surface area contributed by atoms with Crippen molar-refractivity contribution >= 4 is 11.8 Å². The Labute approximate surface area is 116 Å². The SMILES string of the molecule is O=C([O-])C(=O)c1ccc(F)cc1.[K+]. The molecule has 0 aliphatic heterocycles. The van der Waals surface area contributed by atoms with E-state index in [0.29, 0.717) is 0 Å². The van der Waals surface area contributed by atoms with E-state index in [9.17, 15) is 19.1 Å². The van der Waals surface area contributed by atoms with Crippen molar-refractivity contribution in [2.75, 3.05) is 0 Å². The number of rotatable bonds is 2. The molecule has 0 atom stereocenters. The van der Waals surface area contributed by atoms with E-state index < -0.39 is 17.6 Å². The van der Waals surface area contributed by atoms with Crippen LogP contribution in [0.4, 0.5) is 4.39 Å². The van der Waals surface area contributed by atoms with Crippen molar-refractivity contribution in [2.45, 2.75) is 0 Å². The molecule has 0 aliphatic carbocycles. The zero-order chi connectivity index (χ0) is 9.14. The molecule has 0 fully saturated rings. The second kappa shape index (κ2) is 5.61. The average molecular weight is 206 g/mol. The maximum Gasteiger partial charge on any atom is 1.00 e. The number of carboxylic acids is 1. The van der Waals surface area contributed by atoms with E-state index in [-0.39, 0.29) is 56.9 Å². The number of benzene rings is 1. The van der Waals surface area contributed by atoms with Gasteiger partial charge in [0.25, 0.3) is 0 Å². The summed E-state index contributed by atoms with van der Waals surface area (Å²) < 4.78 is 12.3. The maximum absolute atomic E-state index is 12.3. The number of hydrogen-bond acceptors (Lipinski definition) is 3. The first-order valence-electron chi connectivity index (χ1n) is 3.12. The smallest absolute Gasteiger partial charge is 0.541 e. The van der Waals surface area contributed by atoms with Gasteiger partial charge >= 0.3 is 51.4 Å². The van der Waals surface area contributed by atoms with Crippen LogP contribution in [0.15, 0.2) is 24.3 Å². The van der Waals surface area contributed by atoms with E-state index in [1.54, 1.807) is 0 Å². The molecule has 0 aliphatic rings. The van der Waals surface area contributed by atoms with E-state index in [4.69, 9.17) is 0 Å². The van der Waals surface area contributed by atoms with E-state index in [2.05, 4.69) is 0 Å². The second-order valence-electron chi connectivity index (χ2n) is 2.12. The minimum absolute atomic E-state index is 0. The van der Waals surface area contributed by atoms with E-state index in [1.807, 2.05) is 0 Å². The predicted molar refractivity (Wildman–Crippen MR) is 35.7 cm³/mol. The van der Waals surface area contributed by atoms with Crippen LogP contribution in [0.25, 0.3) is 0 Å². The number of ketones is 1. The molecule has 0 saturated carbocycles. The summed E-state index contributed by atoms with van der Waals surface area (Å²) in [5.74, 6) is -3.46. The van der Waals surface area contributed by atoms with Crippen LogP contribution in [-0.2, 0) is 4.79 Å². The first kappa shape index (κ1) is 12.9.